The molecule has 0 spiro atoms. The van der Waals surface area contributed by atoms with E-state index in [-0.39, 0.29) is 17.8 Å². The highest BCUT2D eigenvalue weighted by Gasteiger charge is 2.16. The summed E-state index contributed by atoms with van der Waals surface area (Å²) in [5.41, 5.74) is 2.52. The Balaban J connectivity index is 1.55. The van der Waals surface area contributed by atoms with E-state index < -0.39 is 0 Å². The van der Waals surface area contributed by atoms with Crippen LogP contribution in [0, 0.1) is 5.82 Å². The lowest BCUT2D eigenvalue weighted by Gasteiger charge is -2.12. The Bertz CT molecular complexity index is 849. The molecule has 1 aliphatic rings. The number of carbonyl (C=O) groups is 1. The van der Waals surface area contributed by atoms with Crippen molar-refractivity contribution in [1.29, 1.82) is 0 Å². The predicted molar refractivity (Wildman–Crippen MR) is 116 cm³/mol. The van der Waals surface area contributed by atoms with Crippen LogP contribution in [0.3, 0.4) is 0 Å². The lowest BCUT2D eigenvalue weighted by atomic mass is 10.1. The minimum absolute atomic E-state index is 0.0994. The van der Waals surface area contributed by atoms with E-state index in [0.29, 0.717) is 31.2 Å². The molecule has 0 saturated carbocycles. The number of nitrogens with zero attached hydrogens (tertiary/aromatic N) is 1. The van der Waals surface area contributed by atoms with Gasteiger partial charge in [0.25, 0.3) is 5.91 Å². The largest absolute Gasteiger partial charge is 0.376 e. The average Bonchev–Trinajstić information content (AvgIpc) is 3.29. The van der Waals surface area contributed by atoms with Crippen LogP contribution in [0.1, 0.15) is 41.3 Å². The molecule has 1 fully saturated rings. The van der Waals surface area contributed by atoms with Crippen molar-refractivity contribution >= 4 is 11.9 Å². The van der Waals surface area contributed by atoms with E-state index in [4.69, 9.17) is 4.74 Å². The van der Waals surface area contributed by atoms with Crippen molar-refractivity contribution in [2.24, 2.45) is 4.99 Å². The van der Waals surface area contributed by atoms with Gasteiger partial charge in [0.05, 0.1) is 12.6 Å². The number of benzene rings is 2. The first-order valence-corrected chi connectivity index (χ1v) is 10.4. The van der Waals surface area contributed by atoms with Gasteiger partial charge in [0.1, 0.15) is 5.82 Å². The van der Waals surface area contributed by atoms with Crippen molar-refractivity contribution in [3.63, 3.8) is 0 Å². The van der Waals surface area contributed by atoms with Crippen LogP contribution in [0.2, 0.25) is 0 Å². The summed E-state index contributed by atoms with van der Waals surface area (Å²) in [6, 6.07) is 13.8. The first kappa shape index (κ1) is 21.8. The Morgan fingerprint density at radius 2 is 1.97 bits per heavy atom. The molecule has 1 aliphatic heterocycles. The summed E-state index contributed by atoms with van der Waals surface area (Å²) in [6.45, 7) is 5.01. The Labute approximate surface area is 176 Å². The number of ether oxygens (including phenoxy) is 1. The zero-order chi connectivity index (χ0) is 21.2. The van der Waals surface area contributed by atoms with E-state index in [1.165, 1.54) is 12.1 Å². The summed E-state index contributed by atoms with van der Waals surface area (Å²) in [7, 11) is 0. The fourth-order valence-corrected chi connectivity index (χ4v) is 3.22. The van der Waals surface area contributed by atoms with Crippen molar-refractivity contribution in [2.45, 2.75) is 39.0 Å². The lowest BCUT2D eigenvalue weighted by molar-refractivity contribution is 0.0857. The molecule has 1 atom stereocenters. The number of guanidine groups is 1. The molecule has 3 N–H and O–H groups in total. The molecule has 0 bridgehead atoms. The average molecular weight is 413 g/mol. The van der Waals surface area contributed by atoms with Crippen molar-refractivity contribution in [1.82, 2.24) is 16.0 Å². The van der Waals surface area contributed by atoms with E-state index in [1.54, 1.807) is 18.2 Å². The van der Waals surface area contributed by atoms with Gasteiger partial charge in [-0.15, -0.1) is 0 Å². The second-order valence-electron chi connectivity index (χ2n) is 7.22. The van der Waals surface area contributed by atoms with E-state index in [2.05, 4.69) is 20.9 Å². The second kappa shape index (κ2) is 11.3. The lowest BCUT2D eigenvalue weighted by Crippen LogP contribution is -2.36. The van der Waals surface area contributed by atoms with Gasteiger partial charge in [-0.2, -0.15) is 0 Å². The monoisotopic (exact) mass is 412 g/mol. The van der Waals surface area contributed by atoms with Crippen LogP contribution in [0.15, 0.2) is 53.5 Å². The standard InChI is InChI=1S/C23H29FN4O2/c1-2-25-23(27-14-17-8-10-20(24)11-9-17)28-15-18-5-3-6-19(13-18)22(29)26-16-21-7-4-12-30-21/h3,5-6,8-11,13,21H,2,4,7,12,14-16H2,1H3,(H,26,29)(H2,25,27,28). The molecule has 160 valence electrons. The van der Waals surface area contributed by atoms with Gasteiger partial charge in [0.2, 0.25) is 0 Å². The molecule has 6 nitrogen and oxygen atoms in total. The van der Waals surface area contributed by atoms with E-state index in [9.17, 15) is 9.18 Å². The summed E-state index contributed by atoms with van der Waals surface area (Å²) < 4.78 is 18.6. The first-order chi connectivity index (χ1) is 14.6. The zero-order valence-electron chi connectivity index (χ0n) is 17.3. The van der Waals surface area contributed by atoms with Crippen LogP contribution in [0.25, 0.3) is 0 Å². The number of carbonyl (C=O) groups excluding carboxylic acids is 1. The van der Waals surface area contributed by atoms with Crippen LogP contribution in [0.5, 0.6) is 0 Å². The van der Waals surface area contributed by atoms with E-state index in [1.807, 2.05) is 25.1 Å². The number of amides is 1. The fraction of sp³-hybridized carbons (Fsp3) is 0.391. The van der Waals surface area contributed by atoms with Gasteiger partial charge in [-0.1, -0.05) is 24.3 Å². The Morgan fingerprint density at radius 1 is 1.13 bits per heavy atom. The maximum atomic E-state index is 13.0. The van der Waals surface area contributed by atoms with Gasteiger partial charge in [-0.3, -0.25) is 4.79 Å². The van der Waals surface area contributed by atoms with E-state index >= 15 is 0 Å². The third kappa shape index (κ3) is 6.84. The summed E-state index contributed by atoms with van der Waals surface area (Å²) in [4.78, 5) is 17.0. The molecule has 2 aromatic carbocycles. The normalized spacial score (nSPS) is 16.3. The Morgan fingerprint density at radius 3 is 2.70 bits per heavy atom. The molecule has 2 aromatic rings. The minimum Gasteiger partial charge on any atom is -0.376 e. The summed E-state index contributed by atoms with van der Waals surface area (Å²) in [6.07, 6.45) is 2.17. The predicted octanol–water partition coefficient (Wildman–Crippen LogP) is 2.99. The van der Waals surface area contributed by atoms with Crippen molar-refractivity contribution in [2.75, 3.05) is 19.7 Å². The molecule has 30 heavy (non-hydrogen) atoms. The quantitative estimate of drug-likeness (QED) is 0.460. The summed E-state index contributed by atoms with van der Waals surface area (Å²) in [5.74, 6) is 0.312. The summed E-state index contributed by atoms with van der Waals surface area (Å²) in [5, 5.41) is 9.38. The molecule has 7 heteroatoms. The van der Waals surface area contributed by atoms with Crippen LogP contribution in [0.4, 0.5) is 4.39 Å². The Hall–Kier alpha value is -2.93. The minimum atomic E-state index is -0.251. The molecule has 0 aromatic heterocycles. The molecule has 3 rings (SSSR count). The van der Waals surface area contributed by atoms with Gasteiger partial charge in [-0.25, -0.2) is 9.38 Å². The summed E-state index contributed by atoms with van der Waals surface area (Å²) >= 11 is 0. The topological polar surface area (TPSA) is 74.8 Å². The van der Waals surface area contributed by atoms with Crippen LogP contribution in [-0.4, -0.2) is 37.7 Å². The van der Waals surface area contributed by atoms with E-state index in [0.717, 1.165) is 37.1 Å². The molecule has 0 aliphatic carbocycles. The van der Waals surface area contributed by atoms with Gasteiger partial charge in [0, 0.05) is 31.8 Å². The van der Waals surface area contributed by atoms with Gasteiger partial charge in [-0.05, 0) is 55.2 Å². The fourth-order valence-electron chi connectivity index (χ4n) is 3.22. The molecule has 1 unspecified atom stereocenters. The Kier molecular flexibility index (Phi) is 8.20. The third-order valence-electron chi connectivity index (χ3n) is 4.84. The van der Waals surface area contributed by atoms with Crippen molar-refractivity contribution in [3.05, 3.63) is 71.0 Å². The van der Waals surface area contributed by atoms with Crippen molar-refractivity contribution < 1.29 is 13.9 Å². The number of rotatable bonds is 8. The SMILES string of the molecule is CCNC(=NCc1cccc(C(=O)NCC2CCCO2)c1)NCc1ccc(F)cc1. The molecular weight excluding hydrogens is 383 g/mol. The number of hydrogen-bond donors (Lipinski definition) is 3. The number of aliphatic imine (C=N–C) groups is 1. The second-order valence-corrected chi connectivity index (χ2v) is 7.22. The van der Waals surface area contributed by atoms with Gasteiger partial charge in [0.15, 0.2) is 5.96 Å². The highest BCUT2D eigenvalue weighted by atomic mass is 19.1. The number of hydrogen-bond acceptors (Lipinski definition) is 3. The molecule has 1 amide bonds. The third-order valence-corrected chi connectivity index (χ3v) is 4.84. The zero-order valence-corrected chi connectivity index (χ0v) is 17.3. The number of nitrogens with one attached hydrogen (secondary N) is 3. The van der Waals surface area contributed by atoms with Crippen LogP contribution < -0.4 is 16.0 Å². The van der Waals surface area contributed by atoms with Gasteiger partial charge >= 0.3 is 0 Å². The highest BCUT2D eigenvalue weighted by molar-refractivity contribution is 5.94. The molecule has 1 heterocycles. The van der Waals surface area contributed by atoms with Crippen LogP contribution >= 0.6 is 0 Å². The van der Waals surface area contributed by atoms with Gasteiger partial charge < -0.3 is 20.7 Å². The molecular formula is C23H29FN4O2. The maximum absolute atomic E-state index is 13.0. The first-order valence-electron chi connectivity index (χ1n) is 10.4. The van der Waals surface area contributed by atoms with Crippen LogP contribution in [-0.2, 0) is 17.8 Å². The molecule has 0 radical (unpaired) electrons. The smallest absolute Gasteiger partial charge is 0.251 e. The molecule has 1 saturated heterocycles. The van der Waals surface area contributed by atoms with Crippen molar-refractivity contribution in [3.8, 4) is 0 Å². The number of halogens is 1. The highest BCUT2D eigenvalue weighted by Crippen LogP contribution is 2.11. The maximum Gasteiger partial charge on any atom is 0.251 e.